The number of halogens is 1. The molecule has 2 N–H and O–H groups in total. The monoisotopic (exact) mass is 308 g/mol. The van der Waals surface area contributed by atoms with Crippen molar-refractivity contribution >= 4 is 11.6 Å². The predicted octanol–water partition coefficient (Wildman–Crippen LogP) is 2.32. The summed E-state index contributed by atoms with van der Waals surface area (Å²) in [6.45, 7) is 5.38. The van der Waals surface area contributed by atoms with Crippen LogP contribution in [0.4, 0.5) is 10.1 Å². The minimum absolute atomic E-state index is 0.0839. The maximum absolute atomic E-state index is 13.3. The number of anilines is 1. The van der Waals surface area contributed by atoms with E-state index in [1.807, 2.05) is 19.9 Å². The van der Waals surface area contributed by atoms with Gasteiger partial charge in [-0.05, 0) is 37.0 Å². The molecule has 0 radical (unpaired) electrons. The molecule has 1 amide bonds. The zero-order valence-corrected chi connectivity index (χ0v) is 13.3. The summed E-state index contributed by atoms with van der Waals surface area (Å²) in [6, 6.07) is 6.73. The first kappa shape index (κ1) is 16.7. The van der Waals surface area contributed by atoms with Crippen LogP contribution in [-0.2, 0) is 4.79 Å². The summed E-state index contributed by atoms with van der Waals surface area (Å²) in [7, 11) is 0. The maximum Gasteiger partial charge on any atom is 0.222 e. The van der Waals surface area contributed by atoms with Crippen LogP contribution in [-0.4, -0.2) is 36.2 Å². The largest absolute Gasteiger partial charge is 0.392 e. The van der Waals surface area contributed by atoms with Crippen molar-refractivity contribution in [1.82, 2.24) is 5.32 Å². The molecule has 0 bridgehead atoms. The quantitative estimate of drug-likeness (QED) is 0.878. The van der Waals surface area contributed by atoms with Gasteiger partial charge in [0, 0.05) is 24.8 Å². The first-order valence-electron chi connectivity index (χ1n) is 7.93. The van der Waals surface area contributed by atoms with Crippen LogP contribution in [0.3, 0.4) is 0 Å². The number of piperidine rings is 1. The van der Waals surface area contributed by atoms with Gasteiger partial charge < -0.3 is 15.3 Å². The van der Waals surface area contributed by atoms with Crippen molar-refractivity contribution < 1.29 is 14.3 Å². The highest BCUT2D eigenvalue weighted by Crippen LogP contribution is 2.21. The molecule has 0 aromatic heterocycles. The lowest BCUT2D eigenvalue weighted by Crippen LogP contribution is -2.45. The van der Waals surface area contributed by atoms with E-state index >= 15 is 0 Å². The van der Waals surface area contributed by atoms with Crippen molar-refractivity contribution in [2.24, 2.45) is 5.92 Å². The minimum Gasteiger partial charge on any atom is -0.392 e. The Morgan fingerprint density at radius 2 is 2.09 bits per heavy atom. The first-order chi connectivity index (χ1) is 10.5. The summed E-state index contributed by atoms with van der Waals surface area (Å²) >= 11 is 0. The molecule has 0 saturated carbocycles. The molecule has 1 heterocycles. The number of nitrogens with one attached hydrogen (secondary N) is 1. The Bertz CT molecular complexity index is 499. The lowest BCUT2D eigenvalue weighted by atomic mass is 10.0. The van der Waals surface area contributed by atoms with Crippen molar-refractivity contribution in [2.45, 2.75) is 45.3 Å². The third-order valence-corrected chi connectivity index (χ3v) is 4.20. The summed E-state index contributed by atoms with van der Waals surface area (Å²) in [5.74, 6) is -0.235. The number of hydrogen-bond acceptors (Lipinski definition) is 3. The van der Waals surface area contributed by atoms with Gasteiger partial charge in [-0.15, -0.1) is 0 Å². The van der Waals surface area contributed by atoms with Crippen LogP contribution in [0, 0.1) is 11.7 Å². The summed E-state index contributed by atoms with van der Waals surface area (Å²) in [4.78, 5) is 14.0. The smallest absolute Gasteiger partial charge is 0.222 e. The molecule has 0 aliphatic carbocycles. The van der Waals surface area contributed by atoms with Gasteiger partial charge in [-0.1, -0.05) is 19.9 Å². The Labute approximate surface area is 131 Å². The third-order valence-electron chi connectivity index (χ3n) is 4.20. The van der Waals surface area contributed by atoms with Crippen LogP contribution < -0.4 is 10.2 Å². The van der Waals surface area contributed by atoms with E-state index in [1.165, 1.54) is 12.1 Å². The Morgan fingerprint density at radius 3 is 2.68 bits per heavy atom. The number of carbonyl (C=O) groups is 1. The molecule has 1 atom stereocenters. The molecule has 1 aliphatic rings. The highest BCUT2D eigenvalue weighted by atomic mass is 19.1. The van der Waals surface area contributed by atoms with Crippen molar-refractivity contribution in [2.75, 3.05) is 18.0 Å². The minimum atomic E-state index is -0.590. The molecule has 0 spiro atoms. The summed E-state index contributed by atoms with van der Waals surface area (Å²) in [6.07, 6.45) is 1.23. The molecule has 122 valence electrons. The zero-order valence-electron chi connectivity index (χ0n) is 13.3. The van der Waals surface area contributed by atoms with Crippen molar-refractivity contribution in [1.29, 1.82) is 0 Å². The van der Waals surface area contributed by atoms with Crippen molar-refractivity contribution in [3.63, 3.8) is 0 Å². The standard InChI is InChI=1S/C17H25FN2O2/c1-12(2)16(21)11-17(22)19-14-6-8-20(9-7-14)15-5-3-4-13(18)10-15/h3-5,10,12,14,16,21H,6-9,11H2,1-2H3,(H,19,22). The lowest BCUT2D eigenvalue weighted by Gasteiger charge is -2.34. The van der Waals surface area contributed by atoms with E-state index in [-0.39, 0.29) is 30.1 Å². The van der Waals surface area contributed by atoms with Gasteiger partial charge in [-0.2, -0.15) is 0 Å². The zero-order chi connectivity index (χ0) is 16.1. The molecule has 22 heavy (non-hydrogen) atoms. The van der Waals surface area contributed by atoms with Gasteiger partial charge in [-0.25, -0.2) is 4.39 Å². The number of nitrogens with zero attached hydrogens (tertiary/aromatic N) is 1. The van der Waals surface area contributed by atoms with E-state index in [9.17, 15) is 14.3 Å². The number of aliphatic hydroxyl groups excluding tert-OH is 1. The summed E-state index contributed by atoms with van der Waals surface area (Å²) in [5, 5.41) is 12.7. The fourth-order valence-corrected chi connectivity index (χ4v) is 2.67. The van der Waals surface area contributed by atoms with E-state index in [1.54, 1.807) is 6.07 Å². The number of carbonyl (C=O) groups excluding carboxylic acids is 1. The van der Waals surface area contributed by atoms with Crippen LogP contribution in [0.25, 0.3) is 0 Å². The molecule has 5 heteroatoms. The highest BCUT2D eigenvalue weighted by molar-refractivity contribution is 5.76. The summed E-state index contributed by atoms with van der Waals surface area (Å²) in [5.41, 5.74) is 0.889. The average molecular weight is 308 g/mol. The number of rotatable bonds is 5. The molecular formula is C17H25FN2O2. The Balaban J connectivity index is 1.79. The van der Waals surface area contributed by atoms with Gasteiger partial charge in [0.05, 0.1) is 12.5 Å². The van der Waals surface area contributed by atoms with Crippen LogP contribution in [0.2, 0.25) is 0 Å². The molecule has 1 fully saturated rings. The third kappa shape index (κ3) is 4.70. The Hall–Kier alpha value is -1.62. The predicted molar refractivity (Wildman–Crippen MR) is 85.2 cm³/mol. The normalized spacial score (nSPS) is 17.6. The van der Waals surface area contributed by atoms with Gasteiger partial charge in [0.25, 0.3) is 0 Å². The maximum atomic E-state index is 13.3. The van der Waals surface area contributed by atoms with Crippen LogP contribution in [0.1, 0.15) is 33.1 Å². The van der Waals surface area contributed by atoms with Gasteiger partial charge in [0.15, 0.2) is 0 Å². The molecule has 1 aromatic rings. The van der Waals surface area contributed by atoms with E-state index in [2.05, 4.69) is 10.2 Å². The topological polar surface area (TPSA) is 52.6 Å². The number of hydrogen-bond donors (Lipinski definition) is 2. The van der Waals surface area contributed by atoms with E-state index in [0.717, 1.165) is 31.6 Å². The number of amides is 1. The molecular weight excluding hydrogens is 283 g/mol. The molecule has 1 saturated heterocycles. The summed E-state index contributed by atoms with van der Waals surface area (Å²) < 4.78 is 13.3. The molecule has 1 aliphatic heterocycles. The lowest BCUT2D eigenvalue weighted by molar-refractivity contribution is -0.124. The van der Waals surface area contributed by atoms with E-state index in [4.69, 9.17) is 0 Å². The van der Waals surface area contributed by atoms with Crippen molar-refractivity contribution in [3.8, 4) is 0 Å². The second-order valence-corrected chi connectivity index (χ2v) is 6.32. The fraction of sp³-hybridized carbons (Fsp3) is 0.588. The van der Waals surface area contributed by atoms with Crippen molar-refractivity contribution in [3.05, 3.63) is 30.1 Å². The molecule has 1 unspecified atom stereocenters. The fourth-order valence-electron chi connectivity index (χ4n) is 2.67. The molecule has 4 nitrogen and oxygen atoms in total. The first-order valence-corrected chi connectivity index (χ1v) is 7.93. The number of aliphatic hydroxyl groups is 1. The Kier molecular flexibility index (Phi) is 5.77. The van der Waals surface area contributed by atoms with Gasteiger partial charge in [0.2, 0.25) is 5.91 Å². The second kappa shape index (κ2) is 7.58. The Morgan fingerprint density at radius 1 is 1.41 bits per heavy atom. The SMILES string of the molecule is CC(C)C(O)CC(=O)NC1CCN(c2cccc(F)c2)CC1. The highest BCUT2D eigenvalue weighted by Gasteiger charge is 2.22. The molecule has 2 rings (SSSR count). The number of benzene rings is 1. The van der Waals surface area contributed by atoms with Crippen LogP contribution >= 0.6 is 0 Å². The molecule has 1 aromatic carbocycles. The van der Waals surface area contributed by atoms with Crippen LogP contribution in [0.5, 0.6) is 0 Å². The van der Waals surface area contributed by atoms with Crippen LogP contribution in [0.15, 0.2) is 24.3 Å². The average Bonchev–Trinajstić information content (AvgIpc) is 2.47. The second-order valence-electron chi connectivity index (χ2n) is 6.32. The van der Waals surface area contributed by atoms with E-state index < -0.39 is 6.10 Å². The van der Waals surface area contributed by atoms with Gasteiger partial charge >= 0.3 is 0 Å². The van der Waals surface area contributed by atoms with E-state index in [0.29, 0.717) is 0 Å². The van der Waals surface area contributed by atoms with Gasteiger partial charge in [0.1, 0.15) is 5.82 Å². The van der Waals surface area contributed by atoms with Gasteiger partial charge in [-0.3, -0.25) is 4.79 Å².